The van der Waals surface area contributed by atoms with Gasteiger partial charge in [-0.3, -0.25) is 4.79 Å². The van der Waals surface area contributed by atoms with Crippen LogP contribution in [0.1, 0.15) is 40.2 Å². The van der Waals surface area contributed by atoms with E-state index in [1.807, 2.05) is 30.3 Å². The van der Waals surface area contributed by atoms with Crippen molar-refractivity contribution in [3.8, 4) is 0 Å². The Balaban J connectivity index is 1.61. The van der Waals surface area contributed by atoms with Crippen LogP contribution in [-0.2, 0) is 12.8 Å². The Morgan fingerprint density at radius 1 is 1.18 bits per heavy atom. The standard InChI is InChI=1S/C18H17NOS2/c20-17(13-6-2-1-3-7-13)10-11-22-18(21)16-12-14-8-4-5-9-15(14)19-16/h1-3,6-7,10-12,19H,4-5,8-9H2/b11-10-. The molecule has 1 N–H and O–H groups in total. The molecule has 0 amide bonds. The summed E-state index contributed by atoms with van der Waals surface area (Å²) in [6, 6.07) is 11.4. The van der Waals surface area contributed by atoms with Crippen molar-refractivity contribution in [1.82, 2.24) is 4.98 Å². The lowest BCUT2D eigenvalue weighted by Crippen LogP contribution is -1.99. The maximum Gasteiger partial charge on any atom is 0.186 e. The number of carbonyl (C=O) groups excluding carboxylic acids is 1. The van der Waals surface area contributed by atoms with Crippen molar-refractivity contribution in [2.45, 2.75) is 25.7 Å². The van der Waals surface area contributed by atoms with Crippen molar-refractivity contribution >= 4 is 34.0 Å². The molecule has 22 heavy (non-hydrogen) atoms. The average Bonchev–Trinajstić information content (AvgIpc) is 2.99. The number of aromatic nitrogens is 1. The molecule has 0 unspecified atom stereocenters. The van der Waals surface area contributed by atoms with Gasteiger partial charge in [-0.2, -0.15) is 0 Å². The van der Waals surface area contributed by atoms with Gasteiger partial charge in [0.1, 0.15) is 0 Å². The minimum absolute atomic E-state index is 0.00156. The van der Waals surface area contributed by atoms with Gasteiger partial charge in [-0.15, -0.1) is 0 Å². The molecule has 0 atom stereocenters. The van der Waals surface area contributed by atoms with Crippen molar-refractivity contribution in [3.05, 3.63) is 70.4 Å². The number of aromatic amines is 1. The molecule has 2 aromatic rings. The lowest BCUT2D eigenvalue weighted by Gasteiger charge is -2.08. The van der Waals surface area contributed by atoms with Crippen LogP contribution < -0.4 is 0 Å². The summed E-state index contributed by atoms with van der Waals surface area (Å²) in [6.07, 6.45) is 6.34. The number of allylic oxidation sites excluding steroid dienone is 1. The summed E-state index contributed by atoms with van der Waals surface area (Å²) in [5.41, 5.74) is 4.42. The van der Waals surface area contributed by atoms with Crippen molar-refractivity contribution in [2.24, 2.45) is 0 Å². The van der Waals surface area contributed by atoms with Crippen LogP contribution in [0.3, 0.4) is 0 Å². The smallest absolute Gasteiger partial charge is 0.186 e. The molecule has 1 aromatic heterocycles. The number of hydrogen-bond acceptors (Lipinski definition) is 3. The van der Waals surface area contributed by atoms with Crippen molar-refractivity contribution in [2.75, 3.05) is 0 Å². The van der Waals surface area contributed by atoms with E-state index in [0.29, 0.717) is 5.56 Å². The third-order valence-electron chi connectivity index (χ3n) is 3.79. The Kier molecular flexibility index (Phi) is 4.90. The molecule has 1 aromatic carbocycles. The average molecular weight is 327 g/mol. The summed E-state index contributed by atoms with van der Waals surface area (Å²) in [5, 5.41) is 1.78. The zero-order valence-corrected chi connectivity index (χ0v) is 13.8. The third-order valence-corrected chi connectivity index (χ3v) is 5.00. The molecule has 0 radical (unpaired) electrons. The largest absolute Gasteiger partial charge is 0.357 e. The van der Waals surface area contributed by atoms with Gasteiger partial charge < -0.3 is 4.98 Å². The molecule has 0 saturated carbocycles. The molecule has 3 rings (SSSR count). The summed E-state index contributed by atoms with van der Waals surface area (Å²) in [5.74, 6) is 0.00156. The Morgan fingerprint density at radius 3 is 2.73 bits per heavy atom. The van der Waals surface area contributed by atoms with Crippen LogP contribution >= 0.6 is 24.0 Å². The highest BCUT2D eigenvalue weighted by molar-refractivity contribution is 8.25. The molecule has 2 nitrogen and oxygen atoms in total. The first-order chi connectivity index (χ1) is 10.7. The number of nitrogens with one attached hydrogen (secondary N) is 1. The zero-order valence-electron chi connectivity index (χ0n) is 12.2. The number of thioether (sulfide) groups is 1. The van der Waals surface area contributed by atoms with E-state index in [0.717, 1.165) is 22.7 Å². The highest BCUT2D eigenvalue weighted by Gasteiger charge is 2.14. The van der Waals surface area contributed by atoms with E-state index in [1.165, 1.54) is 35.9 Å². The van der Waals surface area contributed by atoms with Gasteiger partial charge >= 0.3 is 0 Å². The predicted molar refractivity (Wildman–Crippen MR) is 96.6 cm³/mol. The SMILES string of the molecule is O=C(/C=C\SC(=S)c1cc2c([nH]1)CCCC2)c1ccccc1. The second-order valence-electron chi connectivity index (χ2n) is 5.33. The number of aryl methyl sites for hydroxylation is 2. The first-order valence-corrected chi connectivity index (χ1v) is 8.70. The molecule has 0 aliphatic heterocycles. The molecule has 0 saturated heterocycles. The van der Waals surface area contributed by atoms with Crippen LogP contribution in [0, 0.1) is 0 Å². The van der Waals surface area contributed by atoms with E-state index in [4.69, 9.17) is 12.2 Å². The van der Waals surface area contributed by atoms with Crippen molar-refractivity contribution < 1.29 is 4.79 Å². The highest BCUT2D eigenvalue weighted by atomic mass is 32.2. The van der Waals surface area contributed by atoms with E-state index in [1.54, 1.807) is 11.5 Å². The normalized spacial score (nSPS) is 14.0. The van der Waals surface area contributed by atoms with Crippen LogP contribution in [0.2, 0.25) is 0 Å². The third kappa shape index (κ3) is 3.57. The number of H-pyrrole nitrogens is 1. The Labute approximate surface area is 140 Å². The van der Waals surface area contributed by atoms with Crippen LogP contribution in [0.5, 0.6) is 0 Å². The van der Waals surface area contributed by atoms with E-state index >= 15 is 0 Å². The second kappa shape index (κ2) is 7.07. The van der Waals surface area contributed by atoms with Crippen LogP contribution in [0.15, 0.2) is 47.9 Å². The topological polar surface area (TPSA) is 32.9 Å². The number of carbonyl (C=O) groups is 1. The predicted octanol–water partition coefficient (Wildman–Crippen LogP) is 4.70. The maximum atomic E-state index is 12.0. The van der Waals surface area contributed by atoms with Crippen LogP contribution in [0.25, 0.3) is 0 Å². The number of fused-ring (bicyclic) bond motifs is 1. The molecule has 112 valence electrons. The molecule has 0 bridgehead atoms. The van der Waals surface area contributed by atoms with Gasteiger partial charge in [0, 0.05) is 11.3 Å². The van der Waals surface area contributed by atoms with Gasteiger partial charge in [-0.25, -0.2) is 0 Å². The maximum absolute atomic E-state index is 12.0. The highest BCUT2D eigenvalue weighted by Crippen LogP contribution is 2.24. The molecule has 0 fully saturated rings. The van der Waals surface area contributed by atoms with Gasteiger partial charge in [-0.05, 0) is 48.8 Å². The zero-order chi connectivity index (χ0) is 15.4. The number of rotatable bonds is 4. The summed E-state index contributed by atoms with van der Waals surface area (Å²) in [7, 11) is 0. The van der Waals surface area contributed by atoms with E-state index in [9.17, 15) is 4.79 Å². The van der Waals surface area contributed by atoms with Gasteiger partial charge in [0.2, 0.25) is 0 Å². The van der Waals surface area contributed by atoms with E-state index in [2.05, 4.69) is 11.1 Å². The molecule has 0 spiro atoms. The Bertz CT molecular complexity index is 692. The van der Waals surface area contributed by atoms with Crippen LogP contribution in [0.4, 0.5) is 0 Å². The van der Waals surface area contributed by atoms with Crippen LogP contribution in [-0.4, -0.2) is 15.0 Å². The van der Waals surface area contributed by atoms with E-state index < -0.39 is 0 Å². The number of hydrogen-bond donors (Lipinski definition) is 1. The Morgan fingerprint density at radius 2 is 1.95 bits per heavy atom. The molecular formula is C18H17NOS2. The molecule has 4 heteroatoms. The lowest BCUT2D eigenvalue weighted by molar-refractivity contribution is 0.104. The quantitative estimate of drug-likeness (QED) is 0.502. The fraction of sp³-hybridized carbons (Fsp3) is 0.222. The Hall–Kier alpha value is -1.65. The summed E-state index contributed by atoms with van der Waals surface area (Å²) in [4.78, 5) is 15.4. The van der Waals surface area contributed by atoms with Gasteiger partial charge in [0.25, 0.3) is 0 Å². The minimum atomic E-state index is 0.00156. The molecule has 1 aliphatic carbocycles. The van der Waals surface area contributed by atoms with Crippen molar-refractivity contribution in [1.29, 1.82) is 0 Å². The van der Waals surface area contributed by atoms with Gasteiger partial charge in [0.15, 0.2) is 5.78 Å². The van der Waals surface area contributed by atoms with Gasteiger partial charge in [-0.1, -0.05) is 54.3 Å². The fourth-order valence-electron chi connectivity index (χ4n) is 2.63. The lowest BCUT2D eigenvalue weighted by atomic mass is 9.98. The summed E-state index contributed by atoms with van der Waals surface area (Å²) >= 11 is 6.86. The molecule has 1 heterocycles. The van der Waals surface area contributed by atoms with Gasteiger partial charge in [0.05, 0.1) is 9.89 Å². The first-order valence-electron chi connectivity index (χ1n) is 7.42. The molecular weight excluding hydrogens is 310 g/mol. The minimum Gasteiger partial charge on any atom is -0.357 e. The fourth-order valence-corrected chi connectivity index (χ4v) is 3.46. The van der Waals surface area contributed by atoms with E-state index in [-0.39, 0.29) is 5.78 Å². The number of thiocarbonyl (C=S) groups is 1. The second-order valence-corrected chi connectivity index (χ2v) is 6.92. The summed E-state index contributed by atoms with van der Waals surface area (Å²) in [6.45, 7) is 0. The number of ketones is 1. The molecule has 1 aliphatic rings. The summed E-state index contributed by atoms with van der Waals surface area (Å²) < 4.78 is 0.784. The first kappa shape index (κ1) is 15.3. The van der Waals surface area contributed by atoms with Crippen molar-refractivity contribution in [3.63, 3.8) is 0 Å². The monoisotopic (exact) mass is 327 g/mol. The number of benzene rings is 1.